The quantitative estimate of drug-likeness (QED) is 0.433. The van der Waals surface area contributed by atoms with Crippen molar-refractivity contribution in [1.29, 1.82) is 0 Å². The zero-order valence-electron chi connectivity index (χ0n) is 17.9. The molecule has 3 aromatic rings. The van der Waals surface area contributed by atoms with E-state index in [0.717, 1.165) is 36.3 Å². The molecule has 0 spiro atoms. The number of morpholine rings is 1. The molecule has 166 valence electrons. The van der Waals surface area contributed by atoms with Crippen LogP contribution in [0.1, 0.15) is 5.56 Å². The van der Waals surface area contributed by atoms with E-state index >= 15 is 0 Å². The van der Waals surface area contributed by atoms with Crippen molar-refractivity contribution in [2.24, 2.45) is 0 Å². The molecule has 2 heterocycles. The Morgan fingerprint density at radius 1 is 1.16 bits per heavy atom. The number of nitro groups is 1. The number of nitro benzene ring substituents is 1. The van der Waals surface area contributed by atoms with Crippen molar-refractivity contribution in [3.8, 4) is 22.4 Å². The van der Waals surface area contributed by atoms with Gasteiger partial charge in [0.2, 0.25) is 0 Å². The molecule has 0 aliphatic carbocycles. The second-order valence-corrected chi connectivity index (χ2v) is 7.73. The summed E-state index contributed by atoms with van der Waals surface area (Å²) in [6.45, 7) is 6.22. The highest BCUT2D eigenvalue weighted by atomic mass is 19.1. The van der Waals surface area contributed by atoms with Gasteiger partial charge in [-0.1, -0.05) is 6.07 Å². The lowest BCUT2D eigenvalue weighted by atomic mass is 9.97. The van der Waals surface area contributed by atoms with Gasteiger partial charge in [-0.15, -0.1) is 0 Å². The molecule has 32 heavy (non-hydrogen) atoms. The second kappa shape index (κ2) is 9.84. The van der Waals surface area contributed by atoms with Crippen molar-refractivity contribution in [2.75, 3.05) is 44.7 Å². The molecule has 1 N–H and O–H groups in total. The van der Waals surface area contributed by atoms with E-state index in [1.54, 1.807) is 37.4 Å². The van der Waals surface area contributed by atoms with Gasteiger partial charge in [0, 0.05) is 49.6 Å². The molecule has 0 radical (unpaired) electrons. The van der Waals surface area contributed by atoms with E-state index in [1.807, 2.05) is 12.1 Å². The van der Waals surface area contributed by atoms with Crippen molar-refractivity contribution < 1.29 is 14.1 Å². The number of ether oxygens (including phenoxy) is 1. The van der Waals surface area contributed by atoms with Crippen LogP contribution in [0.25, 0.3) is 22.4 Å². The van der Waals surface area contributed by atoms with Gasteiger partial charge in [0.25, 0.3) is 5.69 Å². The van der Waals surface area contributed by atoms with E-state index in [-0.39, 0.29) is 16.4 Å². The van der Waals surface area contributed by atoms with Gasteiger partial charge in [-0.05, 0) is 54.4 Å². The third-order valence-corrected chi connectivity index (χ3v) is 5.59. The lowest BCUT2D eigenvalue weighted by molar-refractivity contribution is -0.383. The van der Waals surface area contributed by atoms with Gasteiger partial charge in [0.1, 0.15) is 11.5 Å². The fourth-order valence-corrected chi connectivity index (χ4v) is 3.84. The van der Waals surface area contributed by atoms with Gasteiger partial charge in [0.05, 0.1) is 23.8 Å². The van der Waals surface area contributed by atoms with E-state index in [1.165, 1.54) is 12.1 Å². The molecule has 7 nitrogen and oxygen atoms in total. The molecule has 1 aliphatic heterocycles. The molecule has 1 aromatic heterocycles. The van der Waals surface area contributed by atoms with Crippen molar-refractivity contribution in [3.05, 3.63) is 76.2 Å². The van der Waals surface area contributed by atoms with Gasteiger partial charge >= 0.3 is 0 Å². The molecular weight excluding hydrogens is 411 g/mol. The van der Waals surface area contributed by atoms with E-state index in [0.29, 0.717) is 36.7 Å². The SMILES string of the molecule is Cc1cc(-c2ncccc2-c2ccc([N+](=O)[O-])c(NCCN3CCOCC3)c2)ccc1F. The number of rotatable bonds is 7. The second-order valence-electron chi connectivity index (χ2n) is 7.73. The lowest BCUT2D eigenvalue weighted by Crippen LogP contribution is -2.39. The molecule has 0 atom stereocenters. The Hall–Kier alpha value is -3.36. The molecule has 4 rings (SSSR count). The molecule has 1 fully saturated rings. The van der Waals surface area contributed by atoms with Crippen LogP contribution in [0.5, 0.6) is 0 Å². The highest BCUT2D eigenvalue weighted by molar-refractivity contribution is 5.83. The minimum atomic E-state index is -0.381. The first-order valence-corrected chi connectivity index (χ1v) is 10.6. The molecule has 0 bridgehead atoms. The number of nitrogens with zero attached hydrogens (tertiary/aromatic N) is 3. The highest BCUT2D eigenvalue weighted by Gasteiger charge is 2.18. The lowest BCUT2D eigenvalue weighted by Gasteiger charge is -2.26. The molecular formula is C24H25FN4O3. The predicted molar refractivity (Wildman–Crippen MR) is 122 cm³/mol. The summed E-state index contributed by atoms with van der Waals surface area (Å²) < 4.78 is 19.1. The van der Waals surface area contributed by atoms with Gasteiger partial charge in [0.15, 0.2) is 0 Å². The predicted octanol–water partition coefficient (Wildman–Crippen LogP) is 4.52. The van der Waals surface area contributed by atoms with Crippen LogP contribution in [0, 0.1) is 22.9 Å². The normalized spacial score (nSPS) is 14.3. The first-order chi connectivity index (χ1) is 15.5. The Balaban J connectivity index is 1.63. The summed E-state index contributed by atoms with van der Waals surface area (Å²) in [5.74, 6) is -0.270. The third-order valence-electron chi connectivity index (χ3n) is 5.59. The zero-order valence-corrected chi connectivity index (χ0v) is 17.9. The molecule has 8 heteroatoms. The Morgan fingerprint density at radius 2 is 1.94 bits per heavy atom. The third kappa shape index (κ3) is 4.92. The summed E-state index contributed by atoms with van der Waals surface area (Å²) in [5, 5.41) is 14.8. The van der Waals surface area contributed by atoms with Crippen LogP contribution in [0.2, 0.25) is 0 Å². The maximum absolute atomic E-state index is 13.8. The van der Waals surface area contributed by atoms with Gasteiger partial charge in [-0.3, -0.25) is 20.0 Å². The number of aromatic nitrogens is 1. The molecule has 1 saturated heterocycles. The first kappa shape index (κ1) is 21.9. The number of hydrogen-bond acceptors (Lipinski definition) is 6. The highest BCUT2D eigenvalue weighted by Crippen LogP contribution is 2.35. The smallest absolute Gasteiger partial charge is 0.292 e. The van der Waals surface area contributed by atoms with Crippen LogP contribution in [-0.2, 0) is 4.74 Å². The molecule has 0 unspecified atom stereocenters. The van der Waals surface area contributed by atoms with E-state index in [9.17, 15) is 14.5 Å². The summed E-state index contributed by atoms with van der Waals surface area (Å²) in [6, 6.07) is 13.6. The van der Waals surface area contributed by atoms with Crippen LogP contribution in [0.3, 0.4) is 0 Å². The van der Waals surface area contributed by atoms with Crippen molar-refractivity contribution >= 4 is 11.4 Å². The Kier molecular flexibility index (Phi) is 6.72. The number of halogens is 1. The van der Waals surface area contributed by atoms with Gasteiger partial charge in [-0.25, -0.2) is 4.39 Å². The first-order valence-electron chi connectivity index (χ1n) is 10.6. The Bertz CT molecular complexity index is 1120. The van der Waals surface area contributed by atoms with E-state index < -0.39 is 0 Å². The summed E-state index contributed by atoms with van der Waals surface area (Å²) >= 11 is 0. The van der Waals surface area contributed by atoms with E-state index in [4.69, 9.17) is 4.74 Å². The summed E-state index contributed by atoms with van der Waals surface area (Å²) in [6.07, 6.45) is 1.68. The number of benzene rings is 2. The number of pyridine rings is 1. The van der Waals surface area contributed by atoms with Crippen LogP contribution < -0.4 is 5.32 Å². The average Bonchev–Trinajstić information content (AvgIpc) is 2.81. The van der Waals surface area contributed by atoms with Gasteiger partial charge < -0.3 is 10.1 Å². The molecule has 0 amide bonds. The fourth-order valence-electron chi connectivity index (χ4n) is 3.84. The van der Waals surface area contributed by atoms with Crippen molar-refractivity contribution in [2.45, 2.75) is 6.92 Å². The summed E-state index contributed by atoms with van der Waals surface area (Å²) in [7, 11) is 0. The molecule has 0 saturated carbocycles. The summed E-state index contributed by atoms with van der Waals surface area (Å²) in [5.41, 5.74) is 4.14. The number of anilines is 1. The molecule has 1 aliphatic rings. The maximum Gasteiger partial charge on any atom is 0.292 e. The Labute approximate surface area is 186 Å². The maximum atomic E-state index is 13.8. The minimum Gasteiger partial charge on any atom is -0.379 e. The molecule has 2 aromatic carbocycles. The van der Waals surface area contributed by atoms with Gasteiger partial charge in [-0.2, -0.15) is 0 Å². The number of hydrogen-bond donors (Lipinski definition) is 1. The van der Waals surface area contributed by atoms with E-state index in [2.05, 4.69) is 15.2 Å². The van der Waals surface area contributed by atoms with Crippen molar-refractivity contribution in [1.82, 2.24) is 9.88 Å². The Morgan fingerprint density at radius 3 is 2.69 bits per heavy atom. The average molecular weight is 436 g/mol. The van der Waals surface area contributed by atoms with Crippen LogP contribution in [0.15, 0.2) is 54.7 Å². The topological polar surface area (TPSA) is 80.5 Å². The monoisotopic (exact) mass is 436 g/mol. The van der Waals surface area contributed by atoms with Crippen LogP contribution in [0.4, 0.5) is 15.8 Å². The standard InChI is InChI=1S/C24H25FN4O3/c1-17-15-19(4-6-21(17)25)24-20(3-2-8-27-24)18-5-7-23(29(30)31)22(16-18)26-9-10-28-11-13-32-14-12-28/h2-8,15-16,26H,9-14H2,1H3. The van der Waals surface area contributed by atoms with Crippen LogP contribution >= 0.6 is 0 Å². The van der Waals surface area contributed by atoms with Crippen LogP contribution in [-0.4, -0.2) is 54.2 Å². The fraction of sp³-hybridized carbons (Fsp3) is 0.292. The zero-order chi connectivity index (χ0) is 22.5. The minimum absolute atomic E-state index is 0.0267. The number of nitrogens with one attached hydrogen (secondary N) is 1. The van der Waals surface area contributed by atoms with Crippen molar-refractivity contribution in [3.63, 3.8) is 0 Å². The largest absolute Gasteiger partial charge is 0.379 e. The number of aryl methyl sites for hydroxylation is 1. The summed E-state index contributed by atoms with van der Waals surface area (Å²) in [4.78, 5) is 18.0.